The van der Waals surface area contributed by atoms with Gasteiger partial charge in [0.2, 0.25) is 0 Å². The van der Waals surface area contributed by atoms with E-state index in [0.29, 0.717) is 0 Å². The van der Waals surface area contributed by atoms with Crippen molar-refractivity contribution in [3.05, 3.63) is 60.7 Å². The molecule has 0 spiro atoms. The van der Waals surface area contributed by atoms with E-state index in [9.17, 15) is 0 Å². The number of benzene rings is 2. The molecule has 2 aromatic carbocycles. The molecule has 25 heavy (non-hydrogen) atoms. The minimum Gasteiger partial charge on any atom is -0.226 e. The zero-order chi connectivity index (χ0) is 18.1. The number of hydrogen-bond acceptors (Lipinski definition) is 0. The van der Waals surface area contributed by atoms with Crippen molar-refractivity contribution < 1.29 is 20.1 Å². The molecule has 0 aliphatic heterocycles. The van der Waals surface area contributed by atoms with Gasteiger partial charge >= 0.3 is 0 Å². The minimum absolute atomic E-state index is 0. The molecule has 0 unspecified atom stereocenters. The van der Waals surface area contributed by atoms with E-state index in [1.54, 1.807) is 5.90 Å². The van der Waals surface area contributed by atoms with Gasteiger partial charge in [0.05, 0.1) is 0 Å². The van der Waals surface area contributed by atoms with Crippen LogP contribution < -0.4 is 0 Å². The van der Waals surface area contributed by atoms with E-state index in [1.807, 2.05) is 76.2 Å². The fourth-order valence-corrected chi connectivity index (χ4v) is 7.49. The van der Waals surface area contributed by atoms with E-state index in [2.05, 4.69) is 38.8 Å². The van der Waals surface area contributed by atoms with E-state index in [1.165, 1.54) is 0 Å². The molecule has 0 nitrogen and oxygen atoms in total. The maximum atomic E-state index is 3.15. The minimum atomic E-state index is 0. The Hall–Kier alpha value is -0.0506. The van der Waals surface area contributed by atoms with Crippen LogP contribution in [0.25, 0.3) is 11.1 Å². The Kier molecular flexibility index (Phi) is 31.2. The fourth-order valence-electron chi connectivity index (χ4n) is 1.83. The van der Waals surface area contributed by atoms with Crippen LogP contribution in [0.1, 0.15) is 35.1 Å². The van der Waals surface area contributed by atoms with Crippen LogP contribution in [0, 0.1) is 12.1 Å². The third kappa shape index (κ3) is 20.1. The summed E-state index contributed by atoms with van der Waals surface area (Å²) in [4.78, 5) is 0. The van der Waals surface area contributed by atoms with Crippen LogP contribution in [0.5, 0.6) is 0 Å². The first kappa shape index (κ1) is 32.6. The predicted molar refractivity (Wildman–Crippen MR) is 124 cm³/mol. The van der Waals surface area contributed by atoms with Crippen LogP contribution >= 0.6 is 15.8 Å². The van der Waals surface area contributed by atoms with Crippen molar-refractivity contribution in [1.82, 2.24) is 0 Å². The molecule has 0 fully saturated rings. The van der Waals surface area contributed by atoms with Crippen molar-refractivity contribution in [2.45, 2.75) is 35.1 Å². The van der Waals surface area contributed by atoms with Gasteiger partial charge in [-0.15, -0.1) is 12.1 Å². The van der Waals surface area contributed by atoms with Crippen molar-refractivity contribution in [2.75, 3.05) is 32.6 Å². The Bertz CT molecular complexity index is 399. The monoisotopic (exact) mass is 559 g/mol. The molecule has 0 aromatic heterocycles. The normalized spacial score (nSPS) is 8.24. The van der Waals surface area contributed by atoms with Crippen molar-refractivity contribution >= 4 is 15.8 Å². The molecule has 2 rings (SSSR count). The smallest absolute Gasteiger partial charge is 0.154 e. The van der Waals surface area contributed by atoms with Crippen LogP contribution in [0.3, 0.4) is 0 Å². The quantitative estimate of drug-likeness (QED) is 0.270. The Morgan fingerprint density at radius 2 is 1.00 bits per heavy atom. The van der Waals surface area contributed by atoms with Gasteiger partial charge in [0.25, 0.3) is 0 Å². The molecular formula is C22H40IrP2. The molecule has 2 aromatic rings. The van der Waals surface area contributed by atoms with Crippen LogP contribution in [-0.4, -0.2) is 32.6 Å². The summed E-state index contributed by atoms with van der Waals surface area (Å²) in [6.07, 6.45) is 0. The summed E-state index contributed by atoms with van der Waals surface area (Å²) in [6.45, 7) is 17.6. The maximum Gasteiger partial charge on any atom is 0.154 e. The zero-order valence-corrected chi connectivity index (χ0v) is 21.1. The Labute approximate surface area is 175 Å². The van der Waals surface area contributed by atoms with Gasteiger partial charge in [-0.05, 0) is 0 Å². The van der Waals surface area contributed by atoms with Crippen LogP contribution in [0.2, 0.25) is 0 Å². The van der Waals surface area contributed by atoms with E-state index in [0.717, 1.165) is 11.1 Å². The summed E-state index contributed by atoms with van der Waals surface area (Å²) in [5, 5.41) is 0. The van der Waals surface area contributed by atoms with E-state index >= 15 is 0 Å². The second-order valence-electron chi connectivity index (χ2n) is 5.14. The maximum absolute atomic E-state index is 3.15. The third-order valence-electron chi connectivity index (χ3n) is 2.42. The summed E-state index contributed by atoms with van der Waals surface area (Å²) < 4.78 is 0. The average molecular weight is 559 g/mol. The van der Waals surface area contributed by atoms with E-state index in [4.69, 9.17) is 0 Å². The SMILES string of the molecule is C.CC.CC.C[PH+](C)C[PH+](C)C.[Ir].[c-]1ccccc1-c1[c-]cccc1. The summed E-state index contributed by atoms with van der Waals surface area (Å²) >= 11 is 0. The molecule has 3 heteroatoms. The number of hydrogen-bond donors (Lipinski definition) is 0. The van der Waals surface area contributed by atoms with Crippen LogP contribution in [0.15, 0.2) is 48.5 Å². The molecule has 0 saturated carbocycles. The van der Waals surface area contributed by atoms with Crippen molar-refractivity contribution in [2.24, 2.45) is 0 Å². The fraction of sp³-hybridized carbons (Fsp3) is 0.455. The molecule has 0 amide bonds. The average Bonchev–Trinajstić information content (AvgIpc) is 2.59. The first-order valence-corrected chi connectivity index (χ1v) is 14.0. The molecule has 0 atom stereocenters. The number of rotatable bonds is 3. The van der Waals surface area contributed by atoms with Gasteiger partial charge in [-0.25, -0.2) is 11.1 Å². The van der Waals surface area contributed by atoms with Gasteiger partial charge in [-0.3, -0.25) is 0 Å². The Balaban J connectivity index is -0.000000149. The summed E-state index contributed by atoms with van der Waals surface area (Å²) in [5.41, 5.74) is 2.19. The van der Waals surface area contributed by atoms with Gasteiger partial charge in [-0.1, -0.05) is 35.1 Å². The predicted octanol–water partition coefficient (Wildman–Crippen LogP) is 7.53. The van der Waals surface area contributed by atoms with E-state index < -0.39 is 0 Å². The molecule has 0 aliphatic carbocycles. The largest absolute Gasteiger partial charge is 0.226 e. The third-order valence-corrected chi connectivity index (χ3v) is 8.07. The molecule has 0 bridgehead atoms. The molecule has 0 saturated heterocycles. The second-order valence-corrected chi connectivity index (χ2v) is 11.4. The molecular weight excluding hydrogens is 518 g/mol. The second kappa shape index (κ2) is 23.9. The van der Waals surface area contributed by atoms with Gasteiger partial charge in [0, 0.05) is 62.6 Å². The van der Waals surface area contributed by atoms with Crippen molar-refractivity contribution in [3.8, 4) is 11.1 Å². The first-order chi connectivity index (χ1) is 11.1. The van der Waals surface area contributed by atoms with Crippen molar-refractivity contribution in [3.63, 3.8) is 0 Å². The molecule has 0 heterocycles. The summed E-state index contributed by atoms with van der Waals surface area (Å²) in [6, 6.07) is 22.1. The summed E-state index contributed by atoms with van der Waals surface area (Å²) in [5.74, 6) is 1.56. The molecule has 0 N–H and O–H groups in total. The van der Waals surface area contributed by atoms with E-state index in [-0.39, 0.29) is 43.4 Å². The van der Waals surface area contributed by atoms with Crippen LogP contribution in [-0.2, 0) is 20.1 Å². The molecule has 1 radical (unpaired) electrons. The topological polar surface area (TPSA) is 0 Å². The molecule has 0 aliphatic rings. The van der Waals surface area contributed by atoms with Gasteiger partial charge in [-0.2, -0.15) is 48.5 Å². The molecule has 147 valence electrons. The van der Waals surface area contributed by atoms with Crippen molar-refractivity contribution in [1.29, 1.82) is 0 Å². The Morgan fingerprint density at radius 3 is 1.16 bits per heavy atom. The van der Waals surface area contributed by atoms with Gasteiger partial charge in [0.1, 0.15) is 0 Å². The summed E-state index contributed by atoms with van der Waals surface area (Å²) in [7, 11) is 0.222. The Morgan fingerprint density at radius 1 is 0.680 bits per heavy atom. The standard InChI is InChI=1S/C12H8.C5H14P2.2C2H6.CH4.Ir/c1-3-7-11(8-4-1)12-9-5-2-6-10-12;1-6(2)5-7(3)4;2*1-2;;/h1-7,9H;5H2,1-4H3;2*1-2H3;1H4;/q-2;;;;;/p+2. The van der Waals surface area contributed by atoms with Gasteiger partial charge in [0.15, 0.2) is 5.90 Å². The zero-order valence-electron chi connectivity index (χ0n) is 16.7. The van der Waals surface area contributed by atoms with Gasteiger partial charge < -0.3 is 0 Å². The van der Waals surface area contributed by atoms with Crippen LogP contribution in [0.4, 0.5) is 0 Å². The first-order valence-electron chi connectivity index (χ1n) is 8.61.